The number of amides is 1. The topological polar surface area (TPSA) is 60.5 Å². The van der Waals surface area contributed by atoms with Crippen LogP contribution in [0.1, 0.15) is 16.1 Å². The maximum atomic E-state index is 12.3. The summed E-state index contributed by atoms with van der Waals surface area (Å²) >= 11 is 0. The number of fused-ring (bicyclic) bond motifs is 1. The Labute approximate surface area is 146 Å². The molecule has 0 spiro atoms. The minimum Gasteiger partial charge on any atom is -0.497 e. The first-order valence-corrected chi connectivity index (χ1v) is 8.06. The first-order chi connectivity index (χ1) is 12.2. The molecule has 3 rings (SSSR count). The molecule has 0 saturated heterocycles. The molecule has 0 aliphatic rings. The smallest absolute Gasteiger partial charge is 0.269 e. The van der Waals surface area contributed by atoms with E-state index in [2.05, 4.69) is 10.3 Å². The summed E-state index contributed by atoms with van der Waals surface area (Å²) in [5.74, 6) is 1.35. The number of pyridine rings is 1. The molecule has 0 aliphatic carbocycles. The highest BCUT2D eigenvalue weighted by Gasteiger charge is 2.09. The third-order valence-electron chi connectivity index (χ3n) is 4.00. The Morgan fingerprint density at radius 2 is 1.88 bits per heavy atom. The van der Waals surface area contributed by atoms with Gasteiger partial charge in [-0.25, -0.2) is 4.98 Å². The van der Waals surface area contributed by atoms with Gasteiger partial charge in [-0.15, -0.1) is 0 Å². The van der Waals surface area contributed by atoms with Crippen LogP contribution in [0, 0.1) is 0 Å². The van der Waals surface area contributed by atoms with Gasteiger partial charge in [0.15, 0.2) is 0 Å². The third kappa shape index (κ3) is 3.88. The molecule has 25 heavy (non-hydrogen) atoms. The average Bonchev–Trinajstić information content (AvgIpc) is 2.67. The number of rotatable bonds is 6. The van der Waals surface area contributed by atoms with Crippen LogP contribution in [0.15, 0.2) is 54.6 Å². The van der Waals surface area contributed by atoms with Crippen LogP contribution in [-0.2, 0) is 6.42 Å². The van der Waals surface area contributed by atoms with Gasteiger partial charge in [0.25, 0.3) is 5.91 Å². The maximum Gasteiger partial charge on any atom is 0.269 e. The minimum atomic E-state index is -0.187. The molecule has 2 aromatic carbocycles. The van der Waals surface area contributed by atoms with Crippen LogP contribution in [0.2, 0.25) is 0 Å². The number of hydrogen-bond acceptors (Lipinski definition) is 4. The van der Waals surface area contributed by atoms with Gasteiger partial charge in [0.2, 0.25) is 0 Å². The summed E-state index contributed by atoms with van der Waals surface area (Å²) in [5, 5.41) is 3.92. The lowest BCUT2D eigenvalue weighted by molar-refractivity contribution is 0.0949. The van der Waals surface area contributed by atoms with Crippen LogP contribution in [0.3, 0.4) is 0 Å². The van der Waals surface area contributed by atoms with Crippen molar-refractivity contribution >= 4 is 16.8 Å². The molecule has 0 fully saturated rings. The number of carbonyl (C=O) groups is 1. The van der Waals surface area contributed by atoms with Crippen LogP contribution in [0.4, 0.5) is 0 Å². The summed E-state index contributed by atoms with van der Waals surface area (Å²) in [4.78, 5) is 16.7. The van der Waals surface area contributed by atoms with E-state index in [9.17, 15) is 4.79 Å². The third-order valence-corrected chi connectivity index (χ3v) is 4.00. The fourth-order valence-corrected chi connectivity index (χ4v) is 2.67. The molecule has 0 bridgehead atoms. The maximum absolute atomic E-state index is 12.3. The van der Waals surface area contributed by atoms with Crippen LogP contribution < -0.4 is 14.8 Å². The largest absolute Gasteiger partial charge is 0.497 e. The van der Waals surface area contributed by atoms with Crippen LogP contribution in [0.5, 0.6) is 11.5 Å². The quantitative estimate of drug-likeness (QED) is 0.751. The molecular weight excluding hydrogens is 316 g/mol. The lowest BCUT2D eigenvalue weighted by Gasteiger charge is -2.11. The van der Waals surface area contributed by atoms with Crippen LogP contribution >= 0.6 is 0 Å². The zero-order valence-corrected chi connectivity index (χ0v) is 14.3. The molecule has 128 valence electrons. The Balaban J connectivity index is 1.66. The molecule has 3 aromatic rings. The molecule has 0 radical (unpaired) electrons. The number of ether oxygens (including phenoxy) is 2. The van der Waals surface area contributed by atoms with E-state index in [-0.39, 0.29) is 5.91 Å². The normalized spacial score (nSPS) is 10.5. The van der Waals surface area contributed by atoms with Gasteiger partial charge in [-0.05, 0) is 42.3 Å². The Bertz CT molecular complexity index is 893. The second-order valence-corrected chi connectivity index (χ2v) is 5.57. The minimum absolute atomic E-state index is 0.187. The second kappa shape index (κ2) is 7.66. The number of hydrogen-bond donors (Lipinski definition) is 1. The van der Waals surface area contributed by atoms with Crippen molar-refractivity contribution in [1.29, 1.82) is 0 Å². The van der Waals surface area contributed by atoms with E-state index < -0.39 is 0 Å². The van der Waals surface area contributed by atoms with Crippen LogP contribution in [0.25, 0.3) is 10.9 Å². The van der Waals surface area contributed by atoms with E-state index in [1.165, 1.54) is 0 Å². The van der Waals surface area contributed by atoms with Crippen molar-refractivity contribution in [3.63, 3.8) is 0 Å². The number of nitrogens with zero attached hydrogens (tertiary/aromatic N) is 1. The highest BCUT2D eigenvalue weighted by Crippen LogP contribution is 2.24. The van der Waals surface area contributed by atoms with Gasteiger partial charge in [0.1, 0.15) is 17.2 Å². The summed E-state index contributed by atoms with van der Waals surface area (Å²) in [6, 6.07) is 17.0. The molecule has 1 aromatic heterocycles. The number of benzene rings is 2. The standard InChI is InChI=1S/C20H20N2O3/c1-24-16-8-10-19(25-2)15(13-16)11-12-21-20(23)18-9-7-14-5-3-4-6-17(14)22-18/h3-10,13H,11-12H2,1-2H3,(H,21,23). The highest BCUT2D eigenvalue weighted by atomic mass is 16.5. The molecular formula is C20H20N2O3. The monoisotopic (exact) mass is 336 g/mol. The van der Waals surface area contributed by atoms with Gasteiger partial charge in [0, 0.05) is 11.9 Å². The highest BCUT2D eigenvalue weighted by molar-refractivity contribution is 5.94. The first kappa shape index (κ1) is 16.8. The fourth-order valence-electron chi connectivity index (χ4n) is 2.67. The molecule has 1 heterocycles. The molecule has 0 atom stereocenters. The van der Waals surface area contributed by atoms with E-state index in [0.717, 1.165) is 28.0 Å². The second-order valence-electron chi connectivity index (χ2n) is 5.57. The number of para-hydroxylation sites is 1. The average molecular weight is 336 g/mol. The number of methoxy groups -OCH3 is 2. The predicted molar refractivity (Wildman–Crippen MR) is 97.3 cm³/mol. The van der Waals surface area contributed by atoms with Crippen molar-refractivity contribution in [3.05, 3.63) is 65.9 Å². The Morgan fingerprint density at radius 3 is 2.68 bits per heavy atom. The molecule has 1 N–H and O–H groups in total. The van der Waals surface area contributed by atoms with Gasteiger partial charge >= 0.3 is 0 Å². The number of carbonyl (C=O) groups excluding carboxylic acids is 1. The van der Waals surface area contributed by atoms with Crippen molar-refractivity contribution < 1.29 is 14.3 Å². The lowest BCUT2D eigenvalue weighted by atomic mass is 10.1. The van der Waals surface area contributed by atoms with Gasteiger partial charge in [-0.3, -0.25) is 4.79 Å². The predicted octanol–water partition coefficient (Wildman–Crippen LogP) is 3.22. The summed E-state index contributed by atoms with van der Waals surface area (Å²) in [5.41, 5.74) is 2.20. The zero-order valence-electron chi connectivity index (χ0n) is 14.3. The van der Waals surface area contributed by atoms with E-state index >= 15 is 0 Å². The van der Waals surface area contributed by atoms with E-state index in [0.29, 0.717) is 18.7 Å². The molecule has 0 aliphatic heterocycles. The number of nitrogens with one attached hydrogen (secondary N) is 1. The van der Waals surface area contributed by atoms with Gasteiger partial charge in [-0.2, -0.15) is 0 Å². The van der Waals surface area contributed by atoms with Gasteiger partial charge < -0.3 is 14.8 Å². The molecule has 5 nitrogen and oxygen atoms in total. The Morgan fingerprint density at radius 1 is 1.04 bits per heavy atom. The van der Waals surface area contributed by atoms with E-state index in [1.54, 1.807) is 20.3 Å². The van der Waals surface area contributed by atoms with E-state index in [1.807, 2.05) is 48.5 Å². The molecule has 5 heteroatoms. The molecule has 1 amide bonds. The Kier molecular flexibility index (Phi) is 5.14. The van der Waals surface area contributed by atoms with E-state index in [4.69, 9.17) is 9.47 Å². The fraction of sp³-hybridized carbons (Fsp3) is 0.200. The number of aromatic nitrogens is 1. The summed E-state index contributed by atoms with van der Waals surface area (Å²) in [6.45, 7) is 0.483. The van der Waals surface area contributed by atoms with Crippen molar-refractivity contribution in [3.8, 4) is 11.5 Å². The summed E-state index contributed by atoms with van der Waals surface area (Å²) in [7, 11) is 3.25. The first-order valence-electron chi connectivity index (χ1n) is 8.06. The molecule has 0 unspecified atom stereocenters. The van der Waals surface area contributed by atoms with Crippen molar-refractivity contribution in [2.45, 2.75) is 6.42 Å². The lowest BCUT2D eigenvalue weighted by Crippen LogP contribution is -2.26. The SMILES string of the molecule is COc1ccc(OC)c(CCNC(=O)c2ccc3ccccc3n2)c1. The summed E-state index contributed by atoms with van der Waals surface area (Å²) < 4.78 is 10.6. The van der Waals surface area contributed by atoms with Gasteiger partial charge in [0.05, 0.1) is 19.7 Å². The van der Waals surface area contributed by atoms with Crippen molar-refractivity contribution in [2.75, 3.05) is 20.8 Å². The molecule has 0 saturated carbocycles. The van der Waals surface area contributed by atoms with Crippen LogP contribution in [-0.4, -0.2) is 31.7 Å². The Hall–Kier alpha value is -3.08. The van der Waals surface area contributed by atoms with Crippen molar-refractivity contribution in [1.82, 2.24) is 10.3 Å². The van der Waals surface area contributed by atoms with Crippen molar-refractivity contribution in [2.24, 2.45) is 0 Å². The zero-order chi connectivity index (χ0) is 17.6. The summed E-state index contributed by atoms with van der Waals surface area (Å²) in [6.07, 6.45) is 0.639. The van der Waals surface area contributed by atoms with Gasteiger partial charge in [-0.1, -0.05) is 24.3 Å².